The van der Waals surface area contributed by atoms with Crippen LogP contribution in [0.5, 0.6) is 0 Å². The van der Waals surface area contributed by atoms with E-state index in [9.17, 15) is 0 Å². The molecule has 1 heterocycles. The molecule has 8 aromatic rings. The summed E-state index contributed by atoms with van der Waals surface area (Å²) in [7, 11) is 0. The quantitative estimate of drug-likeness (QED) is 0.158. The Morgan fingerprint density at radius 2 is 0.881 bits per heavy atom. The van der Waals surface area contributed by atoms with Gasteiger partial charge in [0.2, 0.25) is 0 Å². The standard InChI is InChI=1S/C56H47N3/c1-56(2)51-30-28-47(36-10-4-3-5-11-36)34-49(51)50-35-48(29-31-52(50)56)55-58-53(41-22-16-39(17-23-41)45-26-20-37-12-6-8-14-43(37)32-45)57-54(59-55)42-24-18-40(19-25-42)46-27-21-38-13-7-9-15-44(38)33-46/h3-27,29,31-35,53-55,57-59H,28,30H2,1-2H3. The molecular weight excluding hydrogens is 715 g/mol. The van der Waals surface area contributed by atoms with Gasteiger partial charge in [-0.05, 0) is 119 Å². The third-order valence-electron chi connectivity index (χ3n) is 13.2. The van der Waals surface area contributed by atoms with E-state index in [1.54, 1.807) is 5.57 Å². The molecule has 8 aromatic carbocycles. The van der Waals surface area contributed by atoms with Gasteiger partial charge in [0.05, 0.1) is 18.5 Å². The minimum atomic E-state index is -0.0918. The maximum atomic E-state index is 3.99. The summed E-state index contributed by atoms with van der Waals surface area (Å²) in [4.78, 5) is 0. The van der Waals surface area contributed by atoms with Gasteiger partial charge in [0, 0.05) is 5.41 Å². The van der Waals surface area contributed by atoms with Crippen molar-refractivity contribution in [3.63, 3.8) is 0 Å². The average molecular weight is 762 g/mol. The highest BCUT2D eigenvalue weighted by molar-refractivity contribution is 5.94. The fourth-order valence-corrected chi connectivity index (χ4v) is 9.86. The van der Waals surface area contributed by atoms with Crippen molar-refractivity contribution in [1.82, 2.24) is 16.0 Å². The zero-order valence-corrected chi connectivity index (χ0v) is 33.5. The van der Waals surface area contributed by atoms with Gasteiger partial charge in [-0.25, -0.2) is 0 Å². The highest BCUT2D eigenvalue weighted by Crippen LogP contribution is 2.52. The summed E-state index contributed by atoms with van der Waals surface area (Å²) >= 11 is 0. The van der Waals surface area contributed by atoms with E-state index in [1.165, 1.54) is 88.3 Å². The molecule has 286 valence electrons. The van der Waals surface area contributed by atoms with Crippen molar-refractivity contribution in [3.05, 3.63) is 227 Å². The number of allylic oxidation sites excluding steroid dienone is 4. The third-order valence-corrected chi connectivity index (χ3v) is 13.2. The molecule has 3 nitrogen and oxygen atoms in total. The Morgan fingerprint density at radius 3 is 1.44 bits per heavy atom. The molecule has 0 bridgehead atoms. The Balaban J connectivity index is 0.939. The summed E-state index contributed by atoms with van der Waals surface area (Å²) in [6.45, 7) is 4.82. The van der Waals surface area contributed by atoms with Crippen molar-refractivity contribution >= 4 is 32.7 Å². The number of benzene rings is 8. The number of rotatable bonds is 6. The Labute approximate surface area is 347 Å². The lowest BCUT2D eigenvalue weighted by Gasteiger charge is -2.40. The van der Waals surface area contributed by atoms with Gasteiger partial charge in [-0.1, -0.05) is 189 Å². The molecule has 1 aliphatic heterocycles. The van der Waals surface area contributed by atoms with Crippen molar-refractivity contribution in [3.8, 4) is 22.3 Å². The molecule has 2 atom stereocenters. The lowest BCUT2D eigenvalue weighted by Crippen LogP contribution is -2.54. The number of hydrogen-bond donors (Lipinski definition) is 3. The molecule has 2 unspecified atom stereocenters. The molecule has 1 fully saturated rings. The lowest BCUT2D eigenvalue weighted by molar-refractivity contribution is 0.203. The summed E-state index contributed by atoms with van der Waals surface area (Å²) in [6, 6.07) is 66.9. The van der Waals surface area contributed by atoms with Gasteiger partial charge in [0.15, 0.2) is 0 Å². The molecule has 0 amide bonds. The van der Waals surface area contributed by atoms with Crippen LogP contribution in [0.4, 0.5) is 0 Å². The van der Waals surface area contributed by atoms with E-state index in [-0.39, 0.29) is 23.9 Å². The highest BCUT2D eigenvalue weighted by atomic mass is 15.4. The van der Waals surface area contributed by atoms with Crippen LogP contribution in [0.1, 0.15) is 78.6 Å². The molecule has 0 aromatic heterocycles. The number of hydrogen-bond acceptors (Lipinski definition) is 3. The van der Waals surface area contributed by atoms with E-state index in [0.29, 0.717) is 0 Å². The fourth-order valence-electron chi connectivity index (χ4n) is 9.86. The van der Waals surface area contributed by atoms with E-state index in [1.807, 2.05) is 0 Å². The molecule has 3 aliphatic rings. The van der Waals surface area contributed by atoms with Crippen molar-refractivity contribution in [2.75, 3.05) is 0 Å². The summed E-state index contributed by atoms with van der Waals surface area (Å²) in [5.74, 6) is 0. The molecule has 0 saturated carbocycles. The predicted molar refractivity (Wildman–Crippen MR) is 246 cm³/mol. The molecule has 59 heavy (non-hydrogen) atoms. The van der Waals surface area contributed by atoms with Gasteiger partial charge < -0.3 is 0 Å². The molecule has 0 radical (unpaired) electrons. The van der Waals surface area contributed by atoms with Gasteiger partial charge in [-0.3, -0.25) is 16.0 Å². The van der Waals surface area contributed by atoms with Crippen LogP contribution < -0.4 is 16.0 Å². The lowest BCUT2D eigenvalue weighted by atomic mass is 9.77. The predicted octanol–water partition coefficient (Wildman–Crippen LogP) is 13.4. The van der Waals surface area contributed by atoms with Crippen LogP contribution in [-0.2, 0) is 5.41 Å². The smallest absolute Gasteiger partial charge is 0.0864 e. The third kappa shape index (κ3) is 6.53. The molecule has 3 heteroatoms. The normalized spacial score (nSPS) is 19.7. The highest BCUT2D eigenvalue weighted by Gasteiger charge is 2.39. The largest absolute Gasteiger partial charge is 0.279 e. The first kappa shape index (κ1) is 35.8. The second-order valence-electron chi connectivity index (χ2n) is 17.0. The second kappa shape index (κ2) is 14.5. The molecule has 1 saturated heterocycles. The van der Waals surface area contributed by atoms with Crippen LogP contribution >= 0.6 is 0 Å². The van der Waals surface area contributed by atoms with Crippen LogP contribution in [0.2, 0.25) is 0 Å². The van der Waals surface area contributed by atoms with Crippen LogP contribution in [0.3, 0.4) is 0 Å². The van der Waals surface area contributed by atoms with Crippen molar-refractivity contribution in [2.45, 2.75) is 50.6 Å². The minimum Gasteiger partial charge on any atom is -0.279 e. The topological polar surface area (TPSA) is 36.1 Å². The Kier molecular flexibility index (Phi) is 8.78. The summed E-state index contributed by atoms with van der Waals surface area (Å²) in [5, 5.41) is 17.0. The van der Waals surface area contributed by atoms with Crippen molar-refractivity contribution in [2.24, 2.45) is 0 Å². The van der Waals surface area contributed by atoms with Gasteiger partial charge >= 0.3 is 0 Å². The first-order chi connectivity index (χ1) is 28.9. The molecule has 2 aliphatic carbocycles. The zero-order chi connectivity index (χ0) is 39.5. The first-order valence-corrected chi connectivity index (χ1v) is 21.1. The maximum absolute atomic E-state index is 3.99. The van der Waals surface area contributed by atoms with E-state index in [2.05, 4.69) is 218 Å². The van der Waals surface area contributed by atoms with Crippen LogP contribution in [0, 0.1) is 0 Å². The van der Waals surface area contributed by atoms with E-state index >= 15 is 0 Å². The van der Waals surface area contributed by atoms with E-state index in [4.69, 9.17) is 0 Å². The van der Waals surface area contributed by atoms with E-state index < -0.39 is 0 Å². The van der Waals surface area contributed by atoms with Crippen molar-refractivity contribution in [1.29, 1.82) is 0 Å². The number of fused-ring (bicyclic) bond motifs is 4. The molecule has 3 N–H and O–H groups in total. The van der Waals surface area contributed by atoms with E-state index in [0.717, 1.165) is 12.8 Å². The van der Waals surface area contributed by atoms with Gasteiger partial charge in [-0.15, -0.1) is 0 Å². The van der Waals surface area contributed by atoms with Gasteiger partial charge in [-0.2, -0.15) is 0 Å². The van der Waals surface area contributed by atoms with Crippen LogP contribution in [0.25, 0.3) is 54.9 Å². The fraction of sp³-hybridized carbons (Fsp3) is 0.143. The number of nitrogens with one attached hydrogen (secondary N) is 3. The minimum absolute atomic E-state index is 0.00152. The Bertz CT molecular complexity index is 2810. The first-order valence-electron chi connectivity index (χ1n) is 21.1. The van der Waals surface area contributed by atoms with Crippen LogP contribution in [0.15, 0.2) is 194 Å². The second-order valence-corrected chi connectivity index (χ2v) is 17.0. The molecular formula is C56H47N3. The zero-order valence-electron chi connectivity index (χ0n) is 33.5. The van der Waals surface area contributed by atoms with Gasteiger partial charge in [0.25, 0.3) is 0 Å². The summed E-state index contributed by atoms with van der Waals surface area (Å²) < 4.78 is 0. The van der Waals surface area contributed by atoms with Crippen LogP contribution in [-0.4, -0.2) is 0 Å². The van der Waals surface area contributed by atoms with Crippen molar-refractivity contribution < 1.29 is 0 Å². The SMILES string of the molecule is CC1(C)C2=C(C=C(c3ccccc3)CC2)c2cc(C3NC(c4ccc(-c5ccc6ccccc6c5)cc4)NC(c4ccc(-c5ccc6ccccc6c5)cc4)N3)ccc21. The molecule has 11 rings (SSSR count). The average Bonchev–Trinajstić information content (AvgIpc) is 3.53. The summed E-state index contributed by atoms with van der Waals surface area (Å²) in [5.41, 5.74) is 17.0. The molecule has 0 spiro atoms. The monoisotopic (exact) mass is 761 g/mol. The maximum Gasteiger partial charge on any atom is 0.0864 e. The Morgan fingerprint density at radius 1 is 0.407 bits per heavy atom. The van der Waals surface area contributed by atoms with Gasteiger partial charge in [0.1, 0.15) is 0 Å². The summed E-state index contributed by atoms with van der Waals surface area (Å²) in [6.07, 6.45) is 4.38. The Hall–Kier alpha value is -6.36.